The Bertz CT molecular complexity index is 496. The van der Waals surface area contributed by atoms with E-state index in [1.54, 1.807) is 26.0 Å². The van der Waals surface area contributed by atoms with Crippen LogP contribution in [0.3, 0.4) is 0 Å². The zero-order valence-corrected chi connectivity index (χ0v) is 11.2. The molecule has 0 aliphatic carbocycles. The quantitative estimate of drug-likeness (QED) is 0.338. The third-order valence-electron chi connectivity index (χ3n) is 3.34. The minimum absolute atomic E-state index is 0.109. The molecule has 0 aliphatic rings. The lowest BCUT2D eigenvalue weighted by atomic mass is 9.85. The van der Waals surface area contributed by atoms with Gasteiger partial charge in [-0.1, -0.05) is 24.2 Å². The van der Waals surface area contributed by atoms with Gasteiger partial charge in [0, 0.05) is 0 Å². The van der Waals surface area contributed by atoms with Gasteiger partial charge < -0.3 is 16.3 Å². The average Bonchev–Trinajstić information content (AvgIpc) is 2.40. The Hall–Kier alpha value is -2.11. The predicted molar refractivity (Wildman–Crippen MR) is 71.6 cm³/mol. The van der Waals surface area contributed by atoms with Crippen molar-refractivity contribution in [3.8, 4) is 0 Å². The van der Waals surface area contributed by atoms with Crippen molar-refractivity contribution in [2.24, 2.45) is 16.3 Å². The van der Waals surface area contributed by atoms with Crippen LogP contribution in [0.4, 0.5) is 10.1 Å². The van der Waals surface area contributed by atoms with Gasteiger partial charge in [0.15, 0.2) is 5.84 Å². The van der Waals surface area contributed by atoms with E-state index >= 15 is 0 Å². The number of anilines is 1. The lowest BCUT2D eigenvalue weighted by Gasteiger charge is -2.25. The molecule has 1 aromatic rings. The fourth-order valence-electron chi connectivity index (χ4n) is 1.61. The molecule has 0 fully saturated rings. The molecule has 0 aliphatic heterocycles. The van der Waals surface area contributed by atoms with Gasteiger partial charge in [-0.3, -0.25) is 4.79 Å². The monoisotopic (exact) mass is 267 g/mol. The Balaban J connectivity index is 3.09. The van der Waals surface area contributed by atoms with E-state index in [9.17, 15) is 9.18 Å². The second-order valence-corrected chi connectivity index (χ2v) is 4.56. The second kappa shape index (κ2) is 5.69. The summed E-state index contributed by atoms with van der Waals surface area (Å²) in [7, 11) is 0. The molecule has 1 rings (SSSR count). The maximum atomic E-state index is 13.7. The number of hydrogen-bond acceptors (Lipinski definition) is 3. The van der Waals surface area contributed by atoms with E-state index in [-0.39, 0.29) is 11.5 Å². The maximum Gasteiger partial charge on any atom is 0.238 e. The molecule has 0 spiro atoms. The molecule has 1 aromatic carbocycles. The molecule has 0 aromatic heterocycles. The fraction of sp³-hybridized carbons (Fsp3) is 0.385. The van der Waals surface area contributed by atoms with Gasteiger partial charge in [-0.15, -0.1) is 0 Å². The van der Waals surface area contributed by atoms with Gasteiger partial charge in [0.2, 0.25) is 5.91 Å². The van der Waals surface area contributed by atoms with Crippen LogP contribution in [0.15, 0.2) is 23.4 Å². The van der Waals surface area contributed by atoms with Crippen LogP contribution in [0, 0.1) is 18.2 Å². The lowest BCUT2D eigenvalue weighted by Crippen LogP contribution is -2.44. The number of halogens is 1. The number of carbonyl (C=O) groups excluding carboxylic acids is 1. The number of nitrogens with zero attached hydrogens (tertiary/aromatic N) is 1. The summed E-state index contributed by atoms with van der Waals surface area (Å²) in [4.78, 5) is 12.2. The molecular weight excluding hydrogens is 249 g/mol. The van der Waals surface area contributed by atoms with Gasteiger partial charge in [-0.25, -0.2) is 4.39 Å². The molecule has 6 heteroatoms. The lowest BCUT2D eigenvalue weighted by molar-refractivity contribution is -0.121. The third kappa shape index (κ3) is 2.83. The molecule has 4 N–H and O–H groups in total. The van der Waals surface area contributed by atoms with E-state index in [0.717, 1.165) is 0 Å². The first-order valence-corrected chi connectivity index (χ1v) is 5.91. The molecular formula is C13H18FN3O2. The van der Waals surface area contributed by atoms with E-state index < -0.39 is 17.1 Å². The molecule has 5 nitrogen and oxygen atoms in total. The Morgan fingerprint density at radius 1 is 1.58 bits per heavy atom. The van der Waals surface area contributed by atoms with Gasteiger partial charge in [0.25, 0.3) is 0 Å². The number of carbonyl (C=O) groups is 1. The molecule has 1 amide bonds. The summed E-state index contributed by atoms with van der Waals surface area (Å²) in [6, 6.07) is 4.50. The number of hydrogen-bond donors (Lipinski definition) is 3. The van der Waals surface area contributed by atoms with E-state index in [0.29, 0.717) is 12.0 Å². The van der Waals surface area contributed by atoms with Crippen LogP contribution in [0.25, 0.3) is 0 Å². The van der Waals surface area contributed by atoms with Crippen LogP contribution in [0.5, 0.6) is 0 Å². The van der Waals surface area contributed by atoms with Crippen molar-refractivity contribution in [3.05, 3.63) is 29.6 Å². The molecule has 1 atom stereocenters. The second-order valence-electron chi connectivity index (χ2n) is 4.56. The Kier molecular flexibility index (Phi) is 4.47. The number of benzene rings is 1. The van der Waals surface area contributed by atoms with Crippen molar-refractivity contribution < 1.29 is 14.4 Å². The molecule has 0 heterocycles. The Labute approximate surface area is 111 Å². The topological polar surface area (TPSA) is 87.7 Å². The maximum absolute atomic E-state index is 13.7. The first-order chi connectivity index (χ1) is 8.86. The smallest absolute Gasteiger partial charge is 0.238 e. The molecule has 0 bridgehead atoms. The molecule has 104 valence electrons. The summed E-state index contributed by atoms with van der Waals surface area (Å²) in [6.07, 6.45) is 0.322. The predicted octanol–water partition coefficient (Wildman–Crippen LogP) is 2.24. The van der Waals surface area contributed by atoms with Crippen molar-refractivity contribution in [3.63, 3.8) is 0 Å². The van der Waals surface area contributed by atoms with E-state index in [2.05, 4.69) is 10.5 Å². The van der Waals surface area contributed by atoms with Crippen molar-refractivity contribution in [2.45, 2.75) is 27.2 Å². The van der Waals surface area contributed by atoms with Gasteiger partial charge in [0.05, 0.1) is 5.69 Å². The van der Waals surface area contributed by atoms with Crippen LogP contribution in [0.1, 0.15) is 25.8 Å². The number of rotatable bonds is 4. The number of nitrogens with one attached hydrogen (secondary N) is 1. The highest BCUT2D eigenvalue weighted by atomic mass is 19.1. The Morgan fingerprint density at radius 3 is 2.68 bits per heavy atom. The fourth-order valence-corrected chi connectivity index (χ4v) is 1.61. The molecule has 0 saturated carbocycles. The van der Waals surface area contributed by atoms with Crippen molar-refractivity contribution >= 4 is 17.4 Å². The standard InChI is InChI=1S/C13H18FN3O2/c1-4-13(3,11(15)17-19)12(18)16-10-8(2)6-5-7-9(10)14/h5-7,19H,4H2,1-3H3,(H2,15,17)(H,16,18). The first-order valence-electron chi connectivity index (χ1n) is 5.91. The first kappa shape index (κ1) is 14.9. The largest absolute Gasteiger partial charge is 0.409 e. The SMILES string of the molecule is CCC(C)(C(=O)Nc1c(C)cccc1F)/C(N)=N/O. The number of para-hydroxylation sites is 1. The molecule has 1 unspecified atom stereocenters. The Morgan fingerprint density at radius 2 is 2.21 bits per heavy atom. The van der Waals surface area contributed by atoms with Gasteiger partial charge in [-0.05, 0) is 31.9 Å². The van der Waals surface area contributed by atoms with Gasteiger partial charge >= 0.3 is 0 Å². The summed E-state index contributed by atoms with van der Waals surface area (Å²) in [6.45, 7) is 4.95. The summed E-state index contributed by atoms with van der Waals surface area (Å²) >= 11 is 0. The van der Waals surface area contributed by atoms with Crippen LogP contribution in [-0.2, 0) is 4.79 Å². The van der Waals surface area contributed by atoms with Crippen LogP contribution >= 0.6 is 0 Å². The van der Waals surface area contributed by atoms with Gasteiger partial charge in [0.1, 0.15) is 11.2 Å². The summed E-state index contributed by atoms with van der Waals surface area (Å²) < 4.78 is 13.7. The van der Waals surface area contributed by atoms with Crippen molar-refractivity contribution in [1.82, 2.24) is 0 Å². The number of nitrogens with two attached hydrogens (primary N) is 1. The highest BCUT2D eigenvalue weighted by molar-refractivity contribution is 6.11. The van der Waals surface area contributed by atoms with Crippen molar-refractivity contribution in [2.75, 3.05) is 5.32 Å². The van der Waals surface area contributed by atoms with Crippen molar-refractivity contribution in [1.29, 1.82) is 0 Å². The number of amides is 1. The zero-order chi connectivity index (χ0) is 14.6. The zero-order valence-electron chi connectivity index (χ0n) is 11.2. The highest BCUT2D eigenvalue weighted by Crippen LogP contribution is 2.26. The molecule has 19 heavy (non-hydrogen) atoms. The normalized spacial score (nSPS) is 14.8. The number of aryl methyl sites for hydroxylation is 1. The van der Waals surface area contributed by atoms with E-state index in [1.165, 1.54) is 13.0 Å². The molecule has 0 saturated heterocycles. The minimum atomic E-state index is -1.19. The average molecular weight is 267 g/mol. The van der Waals surface area contributed by atoms with E-state index in [1.807, 2.05) is 0 Å². The third-order valence-corrected chi connectivity index (χ3v) is 3.34. The highest BCUT2D eigenvalue weighted by Gasteiger charge is 2.36. The number of oxime groups is 1. The van der Waals surface area contributed by atoms with E-state index in [4.69, 9.17) is 10.9 Å². The molecule has 0 radical (unpaired) electrons. The van der Waals surface area contributed by atoms with Crippen LogP contribution in [0.2, 0.25) is 0 Å². The number of amidine groups is 1. The minimum Gasteiger partial charge on any atom is -0.409 e. The summed E-state index contributed by atoms with van der Waals surface area (Å²) in [5.41, 5.74) is 5.06. The van der Waals surface area contributed by atoms with Gasteiger partial charge in [-0.2, -0.15) is 0 Å². The van der Waals surface area contributed by atoms with Crippen LogP contribution in [-0.4, -0.2) is 17.0 Å². The van der Waals surface area contributed by atoms with Crippen LogP contribution < -0.4 is 11.1 Å². The summed E-state index contributed by atoms with van der Waals surface area (Å²) in [5, 5.41) is 14.1. The summed E-state index contributed by atoms with van der Waals surface area (Å²) in [5.74, 6) is -1.24.